The van der Waals surface area contributed by atoms with Crippen LogP contribution in [0, 0.1) is 0 Å². The van der Waals surface area contributed by atoms with Crippen LogP contribution in [0.25, 0.3) is 0 Å². The maximum absolute atomic E-state index is 10.6. The second-order valence-corrected chi connectivity index (χ2v) is 6.24. The summed E-state index contributed by atoms with van der Waals surface area (Å²) in [5, 5.41) is 0. The number of hydrogen-bond acceptors (Lipinski definition) is 10. The zero-order chi connectivity index (χ0) is 13.0. The molecular formula is H6O12P4. The number of rotatable bonds is 7. The molecule has 0 fully saturated rings. The van der Waals surface area contributed by atoms with Gasteiger partial charge in [-0.2, -0.15) is 0 Å². The normalized spacial score (nSPS) is 19.8. The Hall–Kier alpha value is 0.920. The standard InChI is InChI=1S/H6O12P4/c1-13(2)11-15(5,6)9-10-16(7,8)12-14(3)4/h1-4H,(H,5,6)(H,7,8). The molecule has 0 radical (unpaired) electrons. The van der Waals surface area contributed by atoms with Crippen LogP contribution in [0.1, 0.15) is 0 Å². The number of hydrogen-bond donors (Lipinski definition) is 6. The molecule has 16 heteroatoms. The fourth-order valence-electron chi connectivity index (χ4n) is 0.296. The minimum Gasteiger partial charge on any atom is -0.328 e. The monoisotopic (exact) mass is 322 g/mol. The average molecular weight is 322 g/mol. The third-order valence-corrected chi connectivity index (χ3v) is 4.04. The minimum atomic E-state index is -5.15. The molecule has 0 saturated heterocycles. The van der Waals surface area contributed by atoms with Crippen LogP contribution in [0.5, 0.6) is 0 Å². The highest BCUT2D eigenvalue weighted by molar-refractivity contribution is 7.59. The molecule has 0 bridgehead atoms. The van der Waals surface area contributed by atoms with E-state index in [2.05, 4.69) is 18.0 Å². The van der Waals surface area contributed by atoms with E-state index >= 15 is 0 Å². The van der Waals surface area contributed by atoms with Crippen molar-refractivity contribution in [1.29, 1.82) is 0 Å². The van der Waals surface area contributed by atoms with Crippen LogP contribution in [0.2, 0.25) is 0 Å². The lowest BCUT2D eigenvalue weighted by molar-refractivity contribution is -0.140. The highest BCUT2D eigenvalue weighted by Crippen LogP contribution is 2.60. The first kappa shape index (κ1) is 16.9. The fraction of sp³-hybridized carbons (Fsp3) is 0. The molecular weight excluding hydrogens is 316 g/mol. The van der Waals surface area contributed by atoms with E-state index in [-0.39, 0.29) is 0 Å². The van der Waals surface area contributed by atoms with Crippen molar-refractivity contribution in [2.24, 2.45) is 0 Å². The van der Waals surface area contributed by atoms with Gasteiger partial charge in [-0.3, -0.25) is 0 Å². The molecule has 6 N–H and O–H groups in total. The zero-order valence-electron chi connectivity index (χ0n) is 6.92. The van der Waals surface area contributed by atoms with Gasteiger partial charge in [-0.25, -0.2) is 17.8 Å². The lowest BCUT2D eigenvalue weighted by atomic mass is 14.9. The van der Waals surface area contributed by atoms with Gasteiger partial charge in [0.2, 0.25) is 0 Å². The lowest BCUT2D eigenvalue weighted by Crippen LogP contribution is -1.95. The van der Waals surface area contributed by atoms with Gasteiger partial charge in [-0.15, -0.1) is 9.35 Å². The first-order valence-electron chi connectivity index (χ1n) is 2.83. The molecule has 0 amide bonds. The van der Waals surface area contributed by atoms with Gasteiger partial charge in [0.15, 0.2) is 0 Å². The van der Waals surface area contributed by atoms with E-state index in [1.54, 1.807) is 0 Å². The first-order valence-corrected chi connectivity index (χ1v) is 8.15. The molecule has 0 spiro atoms. The zero-order valence-corrected chi connectivity index (χ0v) is 10.5. The van der Waals surface area contributed by atoms with Crippen molar-refractivity contribution in [1.82, 2.24) is 0 Å². The van der Waals surface area contributed by atoms with Gasteiger partial charge in [0.25, 0.3) is 0 Å². The summed E-state index contributed by atoms with van der Waals surface area (Å²) in [5.74, 6) is 0. The Morgan fingerprint density at radius 3 is 1.19 bits per heavy atom. The van der Waals surface area contributed by atoms with E-state index < -0.39 is 32.9 Å². The molecule has 0 rings (SSSR count). The molecule has 98 valence electrons. The van der Waals surface area contributed by atoms with Crippen molar-refractivity contribution in [3.63, 3.8) is 0 Å². The van der Waals surface area contributed by atoms with Gasteiger partial charge in [-0.1, -0.05) is 0 Å². The fourth-order valence-corrected chi connectivity index (χ4v) is 2.66. The molecule has 2 unspecified atom stereocenters. The smallest absolute Gasteiger partial charge is 0.328 e. The van der Waals surface area contributed by atoms with Crippen molar-refractivity contribution in [3.05, 3.63) is 0 Å². The highest BCUT2D eigenvalue weighted by Gasteiger charge is 2.35. The van der Waals surface area contributed by atoms with Crippen molar-refractivity contribution >= 4 is 32.9 Å². The number of phosphoric acid groups is 2. The van der Waals surface area contributed by atoms with Crippen molar-refractivity contribution in [2.45, 2.75) is 0 Å². The van der Waals surface area contributed by atoms with E-state index in [0.29, 0.717) is 0 Å². The molecule has 0 aliphatic carbocycles. The quantitative estimate of drug-likeness (QED) is 0.202. The molecule has 12 nitrogen and oxygen atoms in total. The predicted molar refractivity (Wildman–Crippen MR) is 46.7 cm³/mol. The predicted octanol–water partition coefficient (Wildman–Crippen LogP) is -0.408. The minimum absolute atomic E-state index is 3.28. The third kappa shape index (κ3) is 9.00. The lowest BCUT2D eigenvalue weighted by Gasteiger charge is -2.13. The summed E-state index contributed by atoms with van der Waals surface area (Å²) in [4.78, 5) is 49.7. The topological polar surface area (TPSA) is 192 Å². The maximum Gasteiger partial charge on any atom is 0.506 e. The average Bonchev–Trinajstić information content (AvgIpc) is 1.96. The molecule has 0 saturated carbocycles. The van der Waals surface area contributed by atoms with E-state index in [1.807, 2.05) is 0 Å². The largest absolute Gasteiger partial charge is 0.506 e. The third-order valence-electron chi connectivity index (χ3n) is 0.574. The van der Waals surface area contributed by atoms with E-state index in [1.165, 1.54) is 0 Å². The summed E-state index contributed by atoms with van der Waals surface area (Å²) in [6, 6.07) is 0. The van der Waals surface area contributed by atoms with Crippen LogP contribution < -0.4 is 0 Å². The molecule has 0 aromatic carbocycles. The molecule has 0 aliphatic heterocycles. The summed E-state index contributed by atoms with van der Waals surface area (Å²) in [6.45, 7) is 0. The molecule has 0 aliphatic rings. The molecule has 16 heavy (non-hydrogen) atoms. The summed E-state index contributed by atoms with van der Waals surface area (Å²) in [6.07, 6.45) is 0. The summed E-state index contributed by atoms with van der Waals surface area (Å²) >= 11 is 0. The van der Waals surface area contributed by atoms with Crippen LogP contribution in [0.3, 0.4) is 0 Å². The van der Waals surface area contributed by atoms with E-state index in [9.17, 15) is 9.13 Å². The van der Waals surface area contributed by atoms with Gasteiger partial charge in [0.1, 0.15) is 0 Å². The Kier molecular flexibility index (Phi) is 7.13. The van der Waals surface area contributed by atoms with E-state index in [0.717, 1.165) is 0 Å². The second kappa shape index (κ2) is 6.75. The van der Waals surface area contributed by atoms with Gasteiger partial charge >= 0.3 is 32.9 Å². The second-order valence-electron chi connectivity index (χ2n) is 1.75. The van der Waals surface area contributed by atoms with Crippen molar-refractivity contribution in [3.8, 4) is 0 Å². The van der Waals surface area contributed by atoms with Gasteiger partial charge < -0.3 is 29.4 Å². The SMILES string of the molecule is O=P(O)(OOP(=O)(O)OP(O)O)OP(O)O. The van der Waals surface area contributed by atoms with Crippen molar-refractivity contribution < 1.29 is 56.5 Å². The molecule has 0 aromatic rings. The molecule has 0 aromatic heterocycles. The Morgan fingerprint density at radius 2 is 1.00 bits per heavy atom. The Morgan fingerprint density at radius 1 is 0.750 bits per heavy atom. The molecule has 2 atom stereocenters. The van der Waals surface area contributed by atoms with E-state index in [4.69, 9.17) is 29.4 Å². The maximum atomic E-state index is 10.6. The van der Waals surface area contributed by atoms with Crippen molar-refractivity contribution in [2.75, 3.05) is 0 Å². The Bertz CT molecular complexity index is 261. The Labute approximate surface area is 90.1 Å². The Balaban J connectivity index is 4.23. The summed E-state index contributed by atoms with van der Waals surface area (Å²) in [7, 11) is -16.9. The highest BCUT2D eigenvalue weighted by atomic mass is 31.3. The first-order chi connectivity index (χ1) is 7.04. The van der Waals surface area contributed by atoms with Crippen LogP contribution >= 0.6 is 32.9 Å². The van der Waals surface area contributed by atoms with Crippen LogP contribution in [-0.2, 0) is 27.1 Å². The summed E-state index contributed by atoms with van der Waals surface area (Å²) in [5.41, 5.74) is 0. The summed E-state index contributed by atoms with van der Waals surface area (Å²) < 4.78 is 34.9. The molecule has 0 heterocycles. The van der Waals surface area contributed by atoms with Crippen LogP contribution in [-0.4, -0.2) is 29.4 Å². The van der Waals surface area contributed by atoms with Gasteiger partial charge in [-0.05, 0) is 0 Å². The van der Waals surface area contributed by atoms with Crippen LogP contribution in [0.15, 0.2) is 0 Å². The van der Waals surface area contributed by atoms with Gasteiger partial charge in [0, 0.05) is 0 Å². The van der Waals surface area contributed by atoms with Crippen LogP contribution in [0.4, 0.5) is 0 Å². The van der Waals surface area contributed by atoms with Gasteiger partial charge in [0.05, 0.1) is 0 Å².